The predicted octanol–water partition coefficient (Wildman–Crippen LogP) is 5.82. The van der Waals surface area contributed by atoms with Crippen molar-refractivity contribution in [2.75, 3.05) is 0 Å². The standard InChI is InChI=1S/C19H15F3IN/c20-19(21,22)17-6-7-18(23)14(10-17)9-16-12-24-11-15(16)8-13-4-2-1-3-5-13/h1-7,10-12,24H,8-9H2. The molecular formula is C19H15F3IN. The van der Waals surface area contributed by atoms with Crippen molar-refractivity contribution in [1.82, 2.24) is 4.98 Å². The summed E-state index contributed by atoms with van der Waals surface area (Å²) in [5, 5.41) is 0. The predicted molar refractivity (Wildman–Crippen MR) is 97.0 cm³/mol. The third-order valence-corrected chi connectivity index (χ3v) is 4.97. The van der Waals surface area contributed by atoms with Crippen molar-refractivity contribution in [1.29, 1.82) is 0 Å². The molecular weight excluding hydrogens is 426 g/mol. The molecule has 0 saturated heterocycles. The minimum absolute atomic E-state index is 0.480. The lowest BCUT2D eigenvalue weighted by Gasteiger charge is -2.11. The summed E-state index contributed by atoms with van der Waals surface area (Å²) in [5.41, 5.74) is 3.40. The summed E-state index contributed by atoms with van der Waals surface area (Å²) >= 11 is 2.09. The van der Waals surface area contributed by atoms with Crippen molar-refractivity contribution in [3.05, 3.63) is 92.3 Å². The molecule has 24 heavy (non-hydrogen) atoms. The Bertz CT molecular complexity index is 822. The van der Waals surface area contributed by atoms with Gasteiger partial charge in [0, 0.05) is 22.4 Å². The fourth-order valence-electron chi connectivity index (χ4n) is 2.66. The molecule has 3 rings (SSSR count). The number of hydrogen-bond acceptors (Lipinski definition) is 0. The Morgan fingerprint density at radius 2 is 1.50 bits per heavy atom. The Kier molecular flexibility index (Phi) is 4.99. The lowest BCUT2D eigenvalue weighted by atomic mass is 9.98. The Morgan fingerprint density at radius 3 is 2.17 bits per heavy atom. The van der Waals surface area contributed by atoms with Crippen molar-refractivity contribution in [2.24, 2.45) is 0 Å². The molecule has 0 spiro atoms. The first-order valence-corrected chi connectivity index (χ1v) is 8.55. The molecule has 0 aliphatic heterocycles. The number of nitrogens with one attached hydrogen (secondary N) is 1. The highest BCUT2D eigenvalue weighted by Gasteiger charge is 2.30. The van der Waals surface area contributed by atoms with Crippen molar-refractivity contribution in [3.63, 3.8) is 0 Å². The van der Waals surface area contributed by atoms with E-state index in [1.54, 1.807) is 0 Å². The third-order valence-electron chi connectivity index (χ3n) is 3.92. The van der Waals surface area contributed by atoms with E-state index in [2.05, 4.69) is 27.6 Å². The van der Waals surface area contributed by atoms with E-state index in [1.165, 1.54) is 17.7 Å². The van der Waals surface area contributed by atoms with Crippen LogP contribution in [0.2, 0.25) is 0 Å². The van der Waals surface area contributed by atoms with Crippen LogP contribution in [0.15, 0.2) is 60.9 Å². The molecule has 0 radical (unpaired) electrons. The van der Waals surface area contributed by atoms with Gasteiger partial charge in [-0.3, -0.25) is 0 Å². The number of benzene rings is 2. The molecule has 2 aromatic carbocycles. The van der Waals surface area contributed by atoms with Gasteiger partial charge in [0.05, 0.1) is 5.56 Å². The third kappa shape index (κ3) is 4.01. The smallest absolute Gasteiger partial charge is 0.367 e. The van der Waals surface area contributed by atoms with E-state index >= 15 is 0 Å². The molecule has 0 amide bonds. The average Bonchev–Trinajstić information content (AvgIpc) is 2.96. The van der Waals surface area contributed by atoms with Crippen LogP contribution in [0.3, 0.4) is 0 Å². The molecule has 0 bridgehead atoms. The van der Waals surface area contributed by atoms with Gasteiger partial charge in [0.2, 0.25) is 0 Å². The average molecular weight is 441 g/mol. The molecule has 0 aliphatic rings. The zero-order valence-electron chi connectivity index (χ0n) is 12.7. The first-order valence-electron chi connectivity index (χ1n) is 7.47. The van der Waals surface area contributed by atoms with E-state index in [4.69, 9.17) is 0 Å². The van der Waals surface area contributed by atoms with Gasteiger partial charge in [0.25, 0.3) is 0 Å². The number of aromatic amines is 1. The van der Waals surface area contributed by atoms with Crippen molar-refractivity contribution < 1.29 is 13.2 Å². The van der Waals surface area contributed by atoms with Gasteiger partial charge >= 0.3 is 6.18 Å². The Labute approximate surface area is 152 Å². The lowest BCUT2D eigenvalue weighted by Crippen LogP contribution is -2.06. The van der Waals surface area contributed by atoms with Gasteiger partial charge in [-0.25, -0.2) is 0 Å². The van der Waals surface area contributed by atoms with Crippen LogP contribution in [0.1, 0.15) is 27.8 Å². The highest BCUT2D eigenvalue weighted by Crippen LogP contribution is 2.32. The molecule has 0 fully saturated rings. The zero-order chi connectivity index (χ0) is 17.2. The topological polar surface area (TPSA) is 15.8 Å². The van der Waals surface area contributed by atoms with E-state index in [-0.39, 0.29) is 0 Å². The Morgan fingerprint density at radius 1 is 0.833 bits per heavy atom. The monoisotopic (exact) mass is 441 g/mol. The van der Waals surface area contributed by atoms with E-state index in [0.717, 1.165) is 27.2 Å². The van der Waals surface area contributed by atoms with Gasteiger partial charge in [0.1, 0.15) is 0 Å². The molecule has 0 aliphatic carbocycles. The molecule has 1 nitrogen and oxygen atoms in total. The minimum Gasteiger partial charge on any atom is -0.367 e. The minimum atomic E-state index is -4.32. The molecule has 0 unspecified atom stereocenters. The summed E-state index contributed by atoms with van der Waals surface area (Å²) in [5.74, 6) is 0. The Balaban J connectivity index is 1.86. The molecule has 0 saturated carbocycles. The van der Waals surface area contributed by atoms with E-state index < -0.39 is 11.7 Å². The van der Waals surface area contributed by atoms with Gasteiger partial charge in [0.15, 0.2) is 0 Å². The quantitative estimate of drug-likeness (QED) is 0.492. The van der Waals surface area contributed by atoms with Crippen molar-refractivity contribution in [3.8, 4) is 0 Å². The largest absolute Gasteiger partial charge is 0.416 e. The number of aromatic nitrogens is 1. The van der Waals surface area contributed by atoms with Crippen LogP contribution in [0.4, 0.5) is 13.2 Å². The number of H-pyrrole nitrogens is 1. The van der Waals surface area contributed by atoms with Crippen LogP contribution in [0.25, 0.3) is 0 Å². The first kappa shape index (κ1) is 17.1. The van der Waals surface area contributed by atoms with Gasteiger partial charge in [-0.05, 0) is 69.5 Å². The van der Waals surface area contributed by atoms with Crippen LogP contribution in [0, 0.1) is 3.57 Å². The van der Waals surface area contributed by atoms with Crippen molar-refractivity contribution in [2.45, 2.75) is 19.0 Å². The summed E-state index contributed by atoms with van der Waals surface area (Å²) in [4.78, 5) is 3.08. The summed E-state index contributed by atoms with van der Waals surface area (Å²) in [6, 6.07) is 13.9. The molecule has 1 heterocycles. The van der Waals surface area contributed by atoms with Crippen LogP contribution in [-0.4, -0.2) is 4.98 Å². The van der Waals surface area contributed by atoms with Gasteiger partial charge in [-0.2, -0.15) is 13.2 Å². The fourth-order valence-corrected chi connectivity index (χ4v) is 3.19. The summed E-state index contributed by atoms with van der Waals surface area (Å²) in [7, 11) is 0. The summed E-state index contributed by atoms with van der Waals surface area (Å²) in [6.45, 7) is 0. The Hall–Kier alpha value is -1.76. The molecule has 5 heteroatoms. The van der Waals surface area contributed by atoms with Gasteiger partial charge in [-0.1, -0.05) is 30.3 Å². The normalized spacial score (nSPS) is 11.7. The number of hydrogen-bond donors (Lipinski definition) is 1. The lowest BCUT2D eigenvalue weighted by molar-refractivity contribution is -0.137. The molecule has 124 valence electrons. The van der Waals surface area contributed by atoms with E-state index in [1.807, 2.05) is 42.7 Å². The molecule has 3 aromatic rings. The second kappa shape index (κ2) is 7.01. The highest BCUT2D eigenvalue weighted by atomic mass is 127. The fraction of sp³-hybridized carbons (Fsp3) is 0.158. The van der Waals surface area contributed by atoms with E-state index in [0.29, 0.717) is 12.0 Å². The number of alkyl halides is 3. The second-order valence-electron chi connectivity index (χ2n) is 5.65. The number of halogens is 4. The summed E-state index contributed by atoms with van der Waals surface area (Å²) < 4.78 is 39.6. The zero-order valence-corrected chi connectivity index (χ0v) is 14.9. The number of rotatable bonds is 4. The van der Waals surface area contributed by atoms with Crippen LogP contribution in [-0.2, 0) is 19.0 Å². The maximum Gasteiger partial charge on any atom is 0.416 e. The SMILES string of the molecule is FC(F)(F)c1ccc(I)c(Cc2c[nH]cc2Cc2ccccc2)c1. The van der Waals surface area contributed by atoms with Crippen LogP contribution in [0.5, 0.6) is 0 Å². The van der Waals surface area contributed by atoms with E-state index in [9.17, 15) is 13.2 Å². The molecule has 1 N–H and O–H groups in total. The van der Waals surface area contributed by atoms with Crippen molar-refractivity contribution >= 4 is 22.6 Å². The maximum atomic E-state index is 12.9. The van der Waals surface area contributed by atoms with Crippen LogP contribution >= 0.6 is 22.6 Å². The molecule has 0 atom stereocenters. The van der Waals surface area contributed by atoms with Crippen LogP contribution < -0.4 is 0 Å². The first-order chi connectivity index (χ1) is 11.4. The highest BCUT2D eigenvalue weighted by molar-refractivity contribution is 14.1. The van der Waals surface area contributed by atoms with Gasteiger partial charge < -0.3 is 4.98 Å². The van der Waals surface area contributed by atoms with Gasteiger partial charge in [-0.15, -0.1) is 0 Å². The maximum absolute atomic E-state index is 12.9. The molecule has 1 aromatic heterocycles. The summed E-state index contributed by atoms with van der Waals surface area (Å²) in [6.07, 6.45) is 0.713. The second-order valence-corrected chi connectivity index (χ2v) is 6.81.